The van der Waals surface area contributed by atoms with Crippen molar-refractivity contribution in [3.8, 4) is 5.75 Å². The van der Waals surface area contributed by atoms with Gasteiger partial charge >= 0.3 is 0 Å². The van der Waals surface area contributed by atoms with Gasteiger partial charge in [0.05, 0.1) is 11.4 Å². The third kappa shape index (κ3) is 4.93. The Balaban J connectivity index is 1.55. The van der Waals surface area contributed by atoms with Gasteiger partial charge in [0.2, 0.25) is 0 Å². The van der Waals surface area contributed by atoms with E-state index in [1.54, 1.807) is 30.3 Å². The van der Waals surface area contributed by atoms with E-state index in [1.165, 1.54) is 12.1 Å². The van der Waals surface area contributed by atoms with Gasteiger partial charge in [-0.25, -0.2) is 0 Å². The zero-order valence-corrected chi connectivity index (χ0v) is 20.1. The monoisotopic (exact) mass is 505 g/mol. The summed E-state index contributed by atoms with van der Waals surface area (Å²) in [5.41, 5.74) is 3.55. The Hall–Kier alpha value is -3.58. The number of rotatable bonds is 4. The van der Waals surface area contributed by atoms with E-state index in [-0.39, 0.29) is 23.0 Å². The summed E-state index contributed by atoms with van der Waals surface area (Å²) in [6.07, 6.45) is 1.81. The van der Waals surface area contributed by atoms with E-state index in [9.17, 15) is 14.7 Å². The zero-order valence-electron chi connectivity index (χ0n) is 18.5. The molecule has 0 saturated carbocycles. The number of hydrogen-bond donors (Lipinski definition) is 4. The first-order valence-electron chi connectivity index (χ1n) is 10.4. The second-order valence-corrected chi connectivity index (χ2v) is 9.72. The highest BCUT2D eigenvalue weighted by molar-refractivity contribution is 9.10. The van der Waals surface area contributed by atoms with Crippen molar-refractivity contribution in [2.75, 3.05) is 10.6 Å². The van der Waals surface area contributed by atoms with Crippen LogP contribution in [-0.4, -0.2) is 21.9 Å². The average Bonchev–Trinajstić information content (AvgIpc) is 3.15. The van der Waals surface area contributed by atoms with Crippen molar-refractivity contribution in [1.29, 1.82) is 0 Å². The summed E-state index contributed by atoms with van der Waals surface area (Å²) in [4.78, 5) is 28.8. The van der Waals surface area contributed by atoms with Crippen molar-refractivity contribution < 1.29 is 14.7 Å². The number of phenolic OH excluding ortho intramolecular Hbond substituents is 1. The molecule has 33 heavy (non-hydrogen) atoms. The molecule has 4 aromatic rings. The number of aromatic hydroxyl groups is 1. The second kappa shape index (κ2) is 8.75. The maximum atomic E-state index is 12.9. The molecule has 7 heteroatoms. The van der Waals surface area contributed by atoms with Gasteiger partial charge in [0.1, 0.15) is 5.75 Å². The minimum Gasteiger partial charge on any atom is -0.508 e. The molecule has 0 bridgehead atoms. The molecule has 2 amide bonds. The first-order chi connectivity index (χ1) is 15.6. The van der Waals surface area contributed by atoms with Crippen LogP contribution in [0.25, 0.3) is 10.9 Å². The fraction of sp³-hybridized carbons (Fsp3) is 0.154. The second-order valence-electron chi connectivity index (χ2n) is 8.86. The predicted octanol–water partition coefficient (Wildman–Crippen LogP) is 6.44. The normalized spacial score (nSPS) is 11.4. The summed E-state index contributed by atoms with van der Waals surface area (Å²) >= 11 is 3.46. The minimum absolute atomic E-state index is 0.0170. The van der Waals surface area contributed by atoms with Crippen molar-refractivity contribution in [2.24, 2.45) is 0 Å². The van der Waals surface area contributed by atoms with E-state index in [4.69, 9.17) is 0 Å². The topological polar surface area (TPSA) is 94.2 Å². The Morgan fingerprint density at radius 2 is 1.48 bits per heavy atom. The minimum atomic E-state index is -0.339. The van der Waals surface area contributed by atoms with Crippen LogP contribution < -0.4 is 10.6 Å². The lowest BCUT2D eigenvalue weighted by molar-refractivity contribution is 0.101. The van der Waals surface area contributed by atoms with Gasteiger partial charge in [0.25, 0.3) is 11.8 Å². The summed E-state index contributed by atoms with van der Waals surface area (Å²) in [7, 11) is 0. The van der Waals surface area contributed by atoms with Crippen LogP contribution in [-0.2, 0) is 5.41 Å². The van der Waals surface area contributed by atoms with Crippen molar-refractivity contribution in [1.82, 2.24) is 4.98 Å². The summed E-state index contributed by atoms with van der Waals surface area (Å²) in [5, 5.41) is 16.5. The molecule has 1 heterocycles. The molecule has 0 saturated heterocycles. The molecule has 0 radical (unpaired) electrons. The first kappa shape index (κ1) is 22.6. The summed E-state index contributed by atoms with van der Waals surface area (Å²) in [5.74, 6) is -0.698. The van der Waals surface area contributed by atoms with Crippen molar-refractivity contribution >= 4 is 50.0 Å². The van der Waals surface area contributed by atoms with Crippen LogP contribution >= 0.6 is 15.9 Å². The van der Waals surface area contributed by atoms with E-state index in [2.05, 4.69) is 52.3 Å². The van der Waals surface area contributed by atoms with Crippen LogP contribution in [0.4, 0.5) is 11.4 Å². The molecule has 0 unspecified atom stereocenters. The fourth-order valence-corrected chi connectivity index (χ4v) is 3.95. The molecule has 0 spiro atoms. The molecule has 0 aliphatic heterocycles. The van der Waals surface area contributed by atoms with Crippen LogP contribution in [0.15, 0.2) is 71.3 Å². The van der Waals surface area contributed by atoms with Gasteiger partial charge < -0.3 is 20.7 Å². The molecule has 6 nitrogen and oxygen atoms in total. The van der Waals surface area contributed by atoms with E-state index in [0.29, 0.717) is 22.5 Å². The average molecular weight is 506 g/mol. The van der Waals surface area contributed by atoms with Crippen molar-refractivity contribution in [3.05, 3.63) is 88.0 Å². The number of halogens is 1. The maximum Gasteiger partial charge on any atom is 0.255 e. The van der Waals surface area contributed by atoms with Gasteiger partial charge in [-0.2, -0.15) is 0 Å². The smallest absolute Gasteiger partial charge is 0.255 e. The quantitative estimate of drug-likeness (QED) is 0.240. The van der Waals surface area contributed by atoms with Crippen LogP contribution in [0.2, 0.25) is 0 Å². The molecule has 4 rings (SSSR count). The molecule has 3 aromatic carbocycles. The number of phenols is 1. The highest BCUT2D eigenvalue weighted by Gasteiger charge is 2.16. The Labute approximate surface area is 200 Å². The van der Waals surface area contributed by atoms with Gasteiger partial charge in [-0.05, 0) is 63.3 Å². The van der Waals surface area contributed by atoms with Crippen molar-refractivity contribution in [3.63, 3.8) is 0 Å². The van der Waals surface area contributed by atoms with Gasteiger partial charge in [-0.1, -0.05) is 39.0 Å². The Bertz CT molecular complexity index is 1350. The first-order valence-corrected chi connectivity index (χ1v) is 11.2. The highest BCUT2D eigenvalue weighted by atomic mass is 79.9. The number of amides is 2. The van der Waals surface area contributed by atoms with E-state index in [1.807, 2.05) is 24.4 Å². The molecule has 0 atom stereocenters. The third-order valence-corrected chi connectivity index (χ3v) is 6.06. The number of fused-ring (bicyclic) bond motifs is 1. The van der Waals surface area contributed by atoms with E-state index < -0.39 is 0 Å². The number of H-pyrrole nitrogens is 1. The standard InChI is InChI=1S/C26H24BrN3O3/c1-26(2,3)17-7-4-15(5-8-17)24(32)30-23-13-18(31)9-11-21(23)29-25(33)16-6-10-19-20(27)14-28-22(19)12-16/h4-14,28,31H,1-3H3,(H,29,33)(H,30,32). The third-order valence-electron chi connectivity index (χ3n) is 5.41. The lowest BCUT2D eigenvalue weighted by Crippen LogP contribution is -2.17. The lowest BCUT2D eigenvalue weighted by atomic mass is 9.87. The van der Waals surface area contributed by atoms with Gasteiger partial charge in [-0.3, -0.25) is 9.59 Å². The SMILES string of the molecule is CC(C)(C)c1ccc(C(=O)Nc2cc(O)ccc2NC(=O)c2ccc3c(Br)c[nH]c3c2)cc1. The number of hydrogen-bond acceptors (Lipinski definition) is 3. The molecule has 0 aliphatic rings. The molecule has 168 valence electrons. The van der Waals surface area contributed by atoms with E-state index in [0.717, 1.165) is 20.9 Å². The predicted molar refractivity (Wildman–Crippen MR) is 135 cm³/mol. The summed E-state index contributed by atoms with van der Waals surface area (Å²) in [6, 6.07) is 17.1. The van der Waals surface area contributed by atoms with Gasteiger partial charge in [0.15, 0.2) is 0 Å². The number of nitrogens with one attached hydrogen (secondary N) is 3. The molecular weight excluding hydrogens is 482 g/mol. The summed E-state index contributed by atoms with van der Waals surface area (Å²) in [6.45, 7) is 6.32. The Kier molecular flexibility index (Phi) is 5.99. The number of aromatic nitrogens is 1. The Morgan fingerprint density at radius 3 is 2.18 bits per heavy atom. The van der Waals surface area contributed by atoms with Crippen LogP contribution in [0.3, 0.4) is 0 Å². The number of carbonyl (C=O) groups excluding carboxylic acids is 2. The lowest BCUT2D eigenvalue weighted by Gasteiger charge is -2.19. The zero-order chi connectivity index (χ0) is 23.8. The van der Waals surface area contributed by atoms with Crippen LogP contribution in [0.5, 0.6) is 5.75 Å². The Morgan fingerprint density at radius 1 is 0.848 bits per heavy atom. The number of carbonyl (C=O) groups is 2. The van der Waals surface area contributed by atoms with Gasteiger partial charge in [0, 0.05) is 38.8 Å². The van der Waals surface area contributed by atoms with Crippen LogP contribution in [0.1, 0.15) is 47.1 Å². The van der Waals surface area contributed by atoms with E-state index >= 15 is 0 Å². The van der Waals surface area contributed by atoms with Crippen LogP contribution in [0, 0.1) is 0 Å². The summed E-state index contributed by atoms with van der Waals surface area (Å²) < 4.78 is 0.920. The van der Waals surface area contributed by atoms with Crippen molar-refractivity contribution in [2.45, 2.75) is 26.2 Å². The molecular formula is C26H24BrN3O3. The molecule has 1 aromatic heterocycles. The maximum absolute atomic E-state index is 12.9. The largest absolute Gasteiger partial charge is 0.508 e. The molecule has 4 N–H and O–H groups in total. The number of anilines is 2. The highest BCUT2D eigenvalue weighted by Crippen LogP contribution is 2.29. The number of aromatic amines is 1. The number of benzene rings is 3. The molecule has 0 fully saturated rings. The fourth-order valence-electron chi connectivity index (χ4n) is 3.49. The molecule has 0 aliphatic carbocycles. The van der Waals surface area contributed by atoms with Gasteiger partial charge in [-0.15, -0.1) is 0 Å².